The van der Waals surface area contributed by atoms with Crippen LogP contribution in [0.4, 0.5) is 5.69 Å². The van der Waals surface area contributed by atoms with Gasteiger partial charge in [0.05, 0.1) is 17.6 Å². The van der Waals surface area contributed by atoms with E-state index in [2.05, 4.69) is 0 Å². The van der Waals surface area contributed by atoms with Gasteiger partial charge in [-0.1, -0.05) is 18.2 Å². The summed E-state index contributed by atoms with van der Waals surface area (Å²) in [4.78, 5) is 22.1. The van der Waals surface area contributed by atoms with Gasteiger partial charge in [0.2, 0.25) is 0 Å². The Bertz CT molecular complexity index is 669. The third kappa shape index (κ3) is 3.79. The zero-order valence-corrected chi connectivity index (χ0v) is 11.3. The SMILES string of the molecule is COc1cccc(C(=O)OCc2cccc([N+](=O)[O-])c2)c1. The van der Waals surface area contributed by atoms with E-state index in [1.165, 1.54) is 19.2 Å². The van der Waals surface area contributed by atoms with Crippen molar-refractivity contribution in [1.29, 1.82) is 0 Å². The minimum Gasteiger partial charge on any atom is -0.497 e. The van der Waals surface area contributed by atoms with Crippen molar-refractivity contribution in [2.45, 2.75) is 6.61 Å². The average Bonchev–Trinajstić information content (AvgIpc) is 2.53. The molecule has 0 heterocycles. The first-order valence-corrected chi connectivity index (χ1v) is 6.14. The number of benzene rings is 2. The Balaban J connectivity index is 2.03. The average molecular weight is 287 g/mol. The molecular formula is C15H13NO5. The number of non-ortho nitro benzene ring substituents is 1. The van der Waals surface area contributed by atoms with Crippen LogP contribution >= 0.6 is 0 Å². The highest BCUT2D eigenvalue weighted by atomic mass is 16.6. The summed E-state index contributed by atoms with van der Waals surface area (Å²) in [6.07, 6.45) is 0. The third-order valence-electron chi connectivity index (χ3n) is 2.80. The van der Waals surface area contributed by atoms with Crippen LogP contribution in [0.2, 0.25) is 0 Å². The van der Waals surface area contributed by atoms with Gasteiger partial charge in [0, 0.05) is 12.1 Å². The van der Waals surface area contributed by atoms with Gasteiger partial charge in [-0.2, -0.15) is 0 Å². The van der Waals surface area contributed by atoms with E-state index in [1.54, 1.807) is 36.4 Å². The highest BCUT2D eigenvalue weighted by molar-refractivity contribution is 5.89. The van der Waals surface area contributed by atoms with Crippen LogP contribution < -0.4 is 4.74 Å². The van der Waals surface area contributed by atoms with Crippen LogP contribution in [0.3, 0.4) is 0 Å². The molecule has 0 radical (unpaired) electrons. The first kappa shape index (κ1) is 14.5. The van der Waals surface area contributed by atoms with Crippen LogP contribution in [0.15, 0.2) is 48.5 Å². The standard InChI is InChI=1S/C15H13NO5/c1-20-14-7-3-5-12(9-14)15(17)21-10-11-4-2-6-13(8-11)16(18)19/h2-9H,10H2,1H3. The second-order valence-electron chi connectivity index (χ2n) is 4.24. The number of carbonyl (C=O) groups excluding carboxylic acids is 1. The van der Waals surface area contributed by atoms with Gasteiger partial charge in [-0.25, -0.2) is 4.79 Å². The van der Waals surface area contributed by atoms with Crippen molar-refractivity contribution in [3.63, 3.8) is 0 Å². The Labute approximate surface area is 121 Å². The fraction of sp³-hybridized carbons (Fsp3) is 0.133. The molecule has 2 aromatic rings. The molecule has 108 valence electrons. The normalized spacial score (nSPS) is 9.95. The molecule has 0 fully saturated rings. The molecule has 0 atom stereocenters. The number of nitrogens with zero attached hydrogens (tertiary/aromatic N) is 1. The first-order chi connectivity index (χ1) is 10.1. The maximum atomic E-state index is 11.9. The lowest BCUT2D eigenvalue weighted by Crippen LogP contribution is -2.05. The molecule has 0 aliphatic carbocycles. The van der Waals surface area contributed by atoms with Gasteiger partial charge in [0.1, 0.15) is 12.4 Å². The summed E-state index contributed by atoms with van der Waals surface area (Å²) in [5, 5.41) is 10.7. The summed E-state index contributed by atoms with van der Waals surface area (Å²) in [6, 6.07) is 12.5. The Hall–Kier alpha value is -2.89. The van der Waals surface area contributed by atoms with Crippen molar-refractivity contribution in [2.24, 2.45) is 0 Å². The smallest absolute Gasteiger partial charge is 0.338 e. The number of esters is 1. The van der Waals surface area contributed by atoms with E-state index in [1.807, 2.05) is 0 Å². The van der Waals surface area contributed by atoms with E-state index in [0.717, 1.165) is 0 Å². The van der Waals surface area contributed by atoms with Crippen LogP contribution in [0.25, 0.3) is 0 Å². The summed E-state index contributed by atoms with van der Waals surface area (Å²) >= 11 is 0. The molecule has 0 aliphatic heterocycles. The maximum absolute atomic E-state index is 11.9. The van der Waals surface area contributed by atoms with Crippen LogP contribution in [0.1, 0.15) is 15.9 Å². The van der Waals surface area contributed by atoms with E-state index in [0.29, 0.717) is 16.9 Å². The van der Waals surface area contributed by atoms with Gasteiger partial charge in [0.25, 0.3) is 5.69 Å². The number of hydrogen-bond acceptors (Lipinski definition) is 5. The van der Waals surface area contributed by atoms with Crippen molar-refractivity contribution in [3.8, 4) is 5.75 Å². The van der Waals surface area contributed by atoms with E-state index in [-0.39, 0.29) is 12.3 Å². The molecule has 0 amide bonds. The molecule has 2 aromatic carbocycles. The molecule has 0 unspecified atom stereocenters. The molecule has 6 nitrogen and oxygen atoms in total. The van der Waals surface area contributed by atoms with Crippen molar-refractivity contribution in [2.75, 3.05) is 7.11 Å². The van der Waals surface area contributed by atoms with Crippen LogP contribution in [0.5, 0.6) is 5.75 Å². The number of nitro groups is 1. The van der Waals surface area contributed by atoms with Gasteiger partial charge in [-0.15, -0.1) is 0 Å². The summed E-state index contributed by atoms with van der Waals surface area (Å²) in [7, 11) is 1.51. The second-order valence-corrected chi connectivity index (χ2v) is 4.24. The van der Waals surface area contributed by atoms with Crippen molar-refractivity contribution in [1.82, 2.24) is 0 Å². The molecule has 0 bridgehead atoms. The van der Waals surface area contributed by atoms with E-state index in [9.17, 15) is 14.9 Å². The third-order valence-corrected chi connectivity index (χ3v) is 2.80. The fourth-order valence-electron chi connectivity index (χ4n) is 1.74. The molecule has 6 heteroatoms. The van der Waals surface area contributed by atoms with E-state index >= 15 is 0 Å². The molecule has 0 aromatic heterocycles. The number of ether oxygens (including phenoxy) is 2. The maximum Gasteiger partial charge on any atom is 0.338 e. The summed E-state index contributed by atoms with van der Waals surface area (Å²) in [5.41, 5.74) is 0.880. The molecule has 0 saturated carbocycles. The van der Waals surface area contributed by atoms with Gasteiger partial charge < -0.3 is 9.47 Å². The Kier molecular flexibility index (Phi) is 4.50. The Morgan fingerprint density at radius 1 is 1.19 bits per heavy atom. The lowest BCUT2D eigenvalue weighted by atomic mass is 10.2. The quantitative estimate of drug-likeness (QED) is 0.480. The van der Waals surface area contributed by atoms with Crippen LogP contribution in [-0.4, -0.2) is 18.0 Å². The lowest BCUT2D eigenvalue weighted by Gasteiger charge is -2.06. The van der Waals surface area contributed by atoms with Crippen molar-refractivity contribution >= 4 is 11.7 Å². The van der Waals surface area contributed by atoms with Crippen LogP contribution in [-0.2, 0) is 11.3 Å². The molecule has 0 saturated heterocycles. The fourth-order valence-corrected chi connectivity index (χ4v) is 1.74. The zero-order chi connectivity index (χ0) is 15.2. The molecule has 2 rings (SSSR count). The highest BCUT2D eigenvalue weighted by Crippen LogP contribution is 2.16. The number of hydrogen-bond donors (Lipinski definition) is 0. The number of methoxy groups -OCH3 is 1. The zero-order valence-electron chi connectivity index (χ0n) is 11.3. The van der Waals surface area contributed by atoms with Crippen LogP contribution in [0, 0.1) is 10.1 Å². The van der Waals surface area contributed by atoms with E-state index < -0.39 is 10.9 Å². The summed E-state index contributed by atoms with van der Waals surface area (Å²) < 4.78 is 10.2. The van der Waals surface area contributed by atoms with Crippen molar-refractivity contribution in [3.05, 3.63) is 69.8 Å². The van der Waals surface area contributed by atoms with Gasteiger partial charge in [0.15, 0.2) is 0 Å². The number of rotatable bonds is 5. The lowest BCUT2D eigenvalue weighted by molar-refractivity contribution is -0.384. The predicted octanol–water partition coefficient (Wildman–Crippen LogP) is 2.96. The first-order valence-electron chi connectivity index (χ1n) is 6.14. The molecule has 0 spiro atoms. The van der Waals surface area contributed by atoms with Gasteiger partial charge >= 0.3 is 5.97 Å². The van der Waals surface area contributed by atoms with Crippen molar-refractivity contribution < 1.29 is 19.2 Å². The van der Waals surface area contributed by atoms with E-state index in [4.69, 9.17) is 9.47 Å². The Morgan fingerprint density at radius 2 is 1.95 bits per heavy atom. The number of nitro benzene ring substituents is 1. The summed E-state index contributed by atoms with van der Waals surface area (Å²) in [5.74, 6) is 0.0419. The molecule has 21 heavy (non-hydrogen) atoms. The monoisotopic (exact) mass is 287 g/mol. The minimum atomic E-state index is -0.514. The molecule has 0 aliphatic rings. The molecular weight excluding hydrogens is 274 g/mol. The topological polar surface area (TPSA) is 78.7 Å². The minimum absolute atomic E-state index is 0.0300. The highest BCUT2D eigenvalue weighted by Gasteiger charge is 2.10. The summed E-state index contributed by atoms with van der Waals surface area (Å²) in [6.45, 7) is -0.0300. The predicted molar refractivity (Wildman–Crippen MR) is 75.2 cm³/mol. The largest absolute Gasteiger partial charge is 0.497 e. The number of carbonyl (C=O) groups is 1. The second kappa shape index (κ2) is 6.51. The van der Waals surface area contributed by atoms with Gasteiger partial charge in [-0.3, -0.25) is 10.1 Å². The molecule has 0 N–H and O–H groups in total. The Morgan fingerprint density at radius 3 is 2.67 bits per heavy atom. The van der Waals surface area contributed by atoms with Gasteiger partial charge in [-0.05, 0) is 23.8 Å².